The lowest BCUT2D eigenvalue weighted by Crippen LogP contribution is -2.26. The molecule has 25 heavy (non-hydrogen) atoms. The fourth-order valence-corrected chi connectivity index (χ4v) is 2.39. The first-order valence-electron chi connectivity index (χ1n) is 8.31. The third-order valence-electron chi connectivity index (χ3n) is 3.85. The van der Waals surface area contributed by atoms with E-state index >= 15 is 0 Å². The third kappa shape index (κ3) is 6.39. The Kier molecular flexibility index (Phi) is 7.16. The summed E-state index contributed by atoms with van der Waals surface area (Å²) in [6.07, 6.45) is 1.01. The Morgan fingerprint density at radius 1 is 1.08 bits per heavy atom. The molecule has 2 aromatic carbocycles. The molecule has 1 unspecified atom stereocenters. The molecule has 0 heterocycles. The third-order valence-corrected chi connectivity index (χ3v) is 3.85. The minimum atomic E-state index is -0.972. The predicted octanol–water partition coefficient (Wildman–Crippen LogP) is 3.21. The quantitative estimate of drug-likeness (QED) is 0.687. The highest BCUT2D eigenvalue weighted by Gasteiger charge is 2.07. The van der Waals surface area contributed by atoms with E-state index in [1.165, 1.54) is 12.1 Å². The van der Waals surface area contributed by atoms with Gasteiger partial charge in [-0.1, -0.05) is 42.5 Å². The van der Waals surface area contributed by atoms with Crippen molar-refractivity contribution in [3.8, 4) is 0 Å². The Labute approximate surface area is 147 Å². The fourth-order valence-electron chi connectivity index (χ4n) is 2.39. The zero-order valence-electron chi connectivity index (χ0n) is 14.3. The molecule has 0 bridgehead atoms. The van der Waals surface area contributed by atoms with Crippen LogP contribution in [0.2, 0.25) is 0 Å². The first kappa shape index (κ1) is 18.7. The van der Waals surface area contributed by atoms with Crippen LogP contribution in [0.3, 0.4) is 0 Å². The molecular formula is C20H23NO4. The number of carbonyl (C=O) groups excluding carboxylic acids is 1. The molecule has 2 rings (SSSR count). The number of ether oxygens (including phenoxy) is 1. The van der Waals surface area contributed by atoms with E-state index in [-0.39, 0.29) is 24.0 Å². The number of carboxylic acid groups (broad SMARTS) is 1. The van der Waals surface area contributed by atoms with Crippen molar-refractivity contribution >= 4 is 11.9 Å². The number of hydrogen-bond acceptors (Lipinski definition) is 3. The first-order chi connectivity index (χ1) is 12.1. The molecule has 2 N–H and O–H groups in total. The molecule has 0 saturated heterocycles. The maximum absolute atomic E-state index is 11.9. The van der Waals surface area contributed by atoms with Crippen molar-refractivity contribution in [1.29, 1.82) is 0 Å². The van der Waals surface area contributed by atoms with Crippen LogP contribution >= 0.6 is 0 Å². The average molecular weight is 341 g/mol. The van der Waals surface area contributed by atoms with Crippen LogP contribution in [-0.4, -0.2) is 30.1 Å². The molecule has 0 fully saturated rings. The van der Waals surface area contributed by atoms with Gasteiger partial charge in [-0.3, -0.25) is 4.79 Å². The highest BCUT2D eigenvalue weighted by atomic mass is 16.5. The minimum absolute atomic E-state index is 0.0321. The van der Waals surface area contributed by atoms with Gasteiger partial charge in [0.2, 0.25) is 5.91 Å². The maximum atomic E-state index is 11.9. The molecule has 5 nitrogen and oxygen atoms in total. The normalized spacial score (nSPS) is 11.7. The zero-order valence-corrected chi connectivity index (χ0v) is 14.3. The van der Waals surface area contributed by atoms with E-state index in [9.17, 15) is 9.59 Å². The van der Waals surface area contributed by atoms with Crippen LogP contribution in [0.4, 0.5) is 0 Å². The summed E-state index contributed by atoms with van der Waals surface area (Å²) < 4.78 is 5.76. The van der Waals surface area contributed by atoms with Gasteiger partial charge < -0.3 is 15.2 Å². The van der Waals surface area contributed by atoms with Crippen molar-refractivity contribution in [3.05, 3.63) is 71.3 Å². The molecule has 0 aromatic heterocycles. The molecule has 0 aliphatic heterocycles. The lowest BCUT2D eigenvalue weighted by Gasteiger charge is -2.13. The van der Waals surface area contributed by atoms with Crippen molar-refractivity contribution in [2.24, 2.45) is 0 Å². The number of aromatic carboxylic acids is 1. The molecule has 0 aliphatic carbocycles. The van der Waals surface area contributed by atoms with Crippen LogP contribution in [0.25, 0.3) is 0 Å². The molecule has 1 atom stereocenters. The second kappa shape index (κ2) is 9.59. The standard InChI is InChI=1S/C20H23NO4/c1-15(17-6-3-2-4-7-17)25-13-5-12-21-19(22)14-16-8-10-18(11-9-16)20(23)24/h2-4,6-11,15H,5,12-14H2,1H3,(H,21,22)(H,23,24). The van der Waals surface area contributed by atoms with Crippen LogP contribution < -0.4 is 5.32 Å². The summed E-state index contributed by atoms with van der Waals surface area (Å²) in [5, 5.41) is 11.7. The van der Waals surface area contributed by atoms with Crippen LogP contribution in [0, 0.1) is 0 Å². The number of hydrogen-bond donors (Lipinski definition) is 2. The molecule has 0 radical (unpaired) electrons. The summed E-state index contributed by atoms with van der Waals surface area (Å²) in [4.78, 5) is 22.7. The lowest BCUT2D eigenvalue weighted by atomic mass is 10.1. The van der Waals surface area contributed by atoms with E-state index in [0.717, 1.165) is 17.5 Å². The lowest BCUT2D eigenvalue weighted by molar-refractivity contribution is -0.120. The fraction of sp³-hybridized carbons (Fsp3) is 0.300. The summed E-state index contributed by atoms with van der Waals surface area (Å²) in [6.45, 7) is 3.13. The Hall–Kier alpha value is -2.66. The number of carboxylic acids is 1. The second-order valence-electron chi connectivity index (χ2n) is 5.81. The topological polar surface area (TPSA) is 75.6 Å². The molecular weight excluding hydrogens is 318 g/mol. The summed E-state index contributed by atoms with van der Waals surface area (Å²) in [6, 6.07) is 16.3. The van der Waals surface area contributed by atoms with Crippen LogP contribution in [-0.2, 0) is 16.0 Å². The molecule has 0 aliphatic rings. The summed E-state index contributed by atoms with van der Waals surface area (Å²) in [7, 11) is 0. The van der Waals surface area contributed by atoms with Crippen LogP contribution in [0.5, 0.6) is 0 Å². The highest BCUT2D eigenvalue weighted by molar-refractivity contribution is 5.87. The first-order valence-corrected chi connectivity index (χ1v) is 8.31. The average Bonchev–Trinajstić information content (AvgIpc) is 2.62. The Balaban J connectivity index is 1.63. The summed E-state index contributed by atoms with van der Waals surface area (Å²) >= 11 is 0. The van der Waals surface area contributed by atoms with Crippen LogP contribution in [0.1, 0.15) is 40.9 Å². The van der Waals surface area contributed by atoms with Crippen molar-refractivity contribution in [1.82, 2.24) is 5.32 Å². The van der Waals surface area contributed by atoms with Gasteiger partial charge in [0.15, 0.2) is 0 Å². The van der Waals surface area contributed by atoms with Crippen molar-refractivity contribution in [3.63, 3.8) is 0 Å². The number of nitrogens with one attached hydrogen (secondary N) is 1. The number of benzene rings is 2. The van der Waals surface area contributed by atoms with Crippen LogP contribution in [0.15, 0.2) is 54.6 Å². The van der Waals surface area contributed by atoms with Gasteiger partial charge in [0, 0.05) is 13.2 Å². The maximum Gasteiger partial charge on any atom is 0.335 e. The smallest absolute Gasteiger partial charge is 0.335 e. The second-order valence-corrected chi connectivity index (χ2v) is 5.81. The van der Waals surface area contributed by atoms with Gasteiger partial charge in [-0.05, 0) is 36.6 Å². The Morgan fingerprint density at radius 2 is 1.76 bits per heavy atom. The molecule has 132 valence electrons. The Morgan fingerprint density at radius 3 is 2.40 bits per heavy atom. The Bertz CT molecular complexity index is 683. The van der Waals surface area contributed by atoms with Crippen molar-refractivity contribution in [2.45, 2.75) is 25.9 Å². The predicted molar refractivity (Wildman–Crippen MR) is 95.5 cm³/mol. The van der Waals surface area contributed by atoms with Crippen molar-refractivity contribution in [2.75, 3.05) is 13.2 Å². The van der Waals surface area contributed by atoms with E-state index in [4.69, 9.17) is 9.84 Å². The number of carbonyl (C=O) groups is 2. The van der Waals surface area contributed by atoms with E-state index in [2.05, 4.69) is 5.32 Å². The van der Waals surface area contributed by atoms with Crippen molar-refractivity contribution < 1.29 is 19.4 Å². The van der Waals surface area contributed by atoms with Gasteiger partial charge in [-0.15, -0.1) is 0 Å². The van der Waals surface area contributed by atoms with Gasteiger partial charge in [0.05, 0.1) is 18.1 Å². The number of rotatable bonds is 9. The highest BCUT2D eigenvalue weighted by Crippen LogP contribution is 2.15. The SMILES string of the molecule is CC(OCCCNC(=O)Cc1ccc(C(=O)O)cc1)c1ccccc1. The van der Waals surface area contributed by atoms with E-state index < -0.39 is 5.97 Å². The zero-order chi connectivity index (χ0) is 18.1. The molecule has 0 saturated carbocycles. The van der Waals surface area contributed by atoms with E-state index in [0.29, 0.717) is 13.2 Å². The van der Waals surface area contributed by atoms with Gasteiger partial charge in [0.1, 0.15) is 0 Å². The number of amides is 1. The minimum Gasteiger partial charge on any atom is -0.478 e. The monoisotopic (exact) mass is 341 g/mol. The van der Waals surface area contributed by atoms with E-state index in [1.54, 1.807) is 12.1 Å². The molecule has 0 spiro atoms. The molecule has 2 aromatic rings. The largest absolute Gasteiger partial charge is 0.478 e. The van der Waals surface area contributed by atoms with Gasteiger partial charge in [0.25, 0.3) is 0 Å². The van der Waals surface area contributed by atoms with E-state index in [1.807, 2.05) is 37.3 Å². The molecule has 1 amide bonds. The molecule has 5 heteroatoms. The summed E-state index contributed by atoms with van der Waals surface area (Å²) in [5.41, 5.74) is 2.14. The summed E-state index contributed by atoms with van der Waals surface area (Å²) in [5.74, 6) is -1.06. The van der Waals surface area contributed by atoms with Gasteiger partial charge >= 0.3 is 5.97 Å². The van der Waals surface area contributed by atoms with Gasteiger partial charge in [-0.2, -0.15) is 0 Å². The van der Waals surface area contributed by atoms with Gasteiger partial charge in [-0.25, -0.2) is 4.79 Å².